The molecule has 1 aliphatic heterocycles. The first-order valence-electron chi connectivity index (χ1n) is 7.43. The lowest BCUT2D eigenvalue weighted by Gasteiger charge is -2.35. The van der Waals surface area contributed by atoms with E-state index in [1.165, 1.54) is 4.90 Å². The highest BCUT2D eigenvalue weighted by atomic mass is 16.6. The van der Waals surface area contributed by atoms with Crippen LogP contribution in [0.25, 0.3) is 0 Å². The van der Waals surface area contributed by atoms with Crippen molar-refractivity contribution in [2.24, 2.45) is 0 Å². The van der Waals surface area contributed by atoms with E-state index in [2.05, 4.69) is 0 Å². The van der Waals surface area contributed by atoms with E-state index < -0.39 is 24.2 Å². The molecule has 0 bridgehead atoms. The Labute approximate surface area is 129 Å². The maximum absolute atomic E-state index is 12.2. The molecule has 2 rings (SSSR count). The van der Waals surface area contributed by atoms with E-state index in [0.29, 0.717) is 12.8 Å². The van der Waals surface area contributed by atoms with Crippen molar-refractivity contribution >= 4 is 12.1 Å². The average Bonchev–Trinajstić information content (AvgIpc) is 2.53. The Morgan fingerprint density at radius 1 is 1.23 bits per heavy atom. The lowest BCUT2D eigenvalue weighted by Crippen LogP contribution is -2.52. The molecule has 1 N–H and O–H groups in total. The first-order chi connectivity index (χ1) is 10.6. The van der Waals surface area contributed by atoms with Crippen molar-refractivity contribution < 1.29 is 24.2 Å². The van der Waals surface area contributed by atoms with Gasteiger partial charge < -0.3 is 14.6 Å². The summed E-state index contributed by atoms with van der Waals surface area (Å²) in [5.74, 6) is -0.453. The SMILES string of the molecule is CCOC(=O)[C@H]1CC[C@@H](O)CN1C(=O)OCc1ccccc1. The van der Waals surface area contributed by atoms with Crippen LogP contribution in [0.1, 0.15) is 25.3 Å². The molecule has 1 heterocycles. The fourth-order valence-electron chi connectivity index (χ4n) is 2.44. The fraction of sp³-hybridized carbons (Fsp3) is 0.500. The maximum atomic E-state index is 12.2. The first kappa shape index (κ1) is 16.3. The summed E-state index contributed by atoms with van der Waals surface area (Å²) in [6.07, 6.45) is -0.414. The zero-order valence-electron chi connectivity index (χ0n) is 12.6. The molecule has 6 nitrogen and oxygen atoms in total. The fourth-order valence-corrected chi connectivity index (χ4v) is 2.44. The van der Waals surface area contributed by atoms with E-state index in [9.17, 15) is 14.7 Å². The number of ether oxygens (including phenoxy) is 2. The molecule has 1 aliphatic rings. The Morgan fingerprint density at radius 2 is 1.95 bits per heavy atom. The van der Waals surface area contributed by atoms with E-state index in [1.807, 2.05) is 30.3 Å². The Morgan fingerprint density at radius 3 is 2.64 bits per heavy atom. The normalized spacial score (nSPS) is 21.3. The van der Waals surface area contributed by atoms with Gasteiger partial charge in [0.1, 0.15) is 12.6 Å². The summed E-state index contributed by atoms with van der Waals surface area (Å²) >= 11 is 0. The van der Waals surface area contributed by atoms with E-state index >= 15 is 0 Å². The van der Waals surface area contributed by atoms with Crippen molar-refractivity contribution in [3.05, 3.63) is 35.9 Å². The monoisotopic (exact) mass is 307 g/mol. The number of esters is 1. The molecule has 0 unspecified atom stereocenters. The zero-order chi connectivity index (χ0) is 15.9. The highest BCUT2D eigenvalue weighted by Crippen LogP contribution is 2.20. The van der Waals surface area contributed by atoms with Gasteiger partial charge >= 0.3 is 12.1 Å². The number of hydrogen-bond donors (Lipinski definition) is 1. The number of hydrogen-bond acceptors (Lipinski definition) is 5. The number of aliphatic hydroxyl groups is 1. The van der Waals surface area contributed by atoms with Gasteiger partial charge in [-0.2, -0.15) is 0 Å². The summed E-state index contributed by atoms with van der Waals surface area (Å²) in [4.78, 5) is 25.4. The van der Waals surface area contributed by atoms with Crippen molar-refractivity contribution in [1.82, 2.24) is 4.90 Å². The van der Waals surface area contributed by atoms with Crippen LogP contribution in [0, 0.1) is 0 Å². The van der Waals surface area contributed by atoms with Gasteiger partial charge in [0.15, 0.2) is 0 Å². The lowest BCUT2D eigenvalue weighted by molar-refractivity contribution is -0.151. The van der Waals surface area contributed by atoms with Crippen molar-refractivity contribution in [2.45, 2.75) is 38.5 Å². The second-order valence-corrected chi connectivity index (χ2v) is 5.19. The quantitative estimate of drug-likeness (QED) is 0.857. The molecule has 6 heteroatoms. The zero-order valence-corrected chi connectivity index (χ0v) is 12.6. The van der Waals surface area contributed by atoms with Crippen LogP contribution in [0.5, 0.6) is 0 Å². The molecule has 0 radical (unpaired) electrons. The molecule has 1 saturated heterocycles. The molecule has 22 heavy (non-hydrogen) atoms. The smallest absolute Gasteiger partial charge is 0.410 e. The van der Waals surface area contributed by atoms with E-state index in [1.54, 1.807) is 6.92 Å². The molecule has 0 aromatic heterocycles. The Kier molecular flexibility index (Phi) is 5.77. The third-order valence-electron chi connectivity index (χ3n) is 3.56. The molecule has 1 amide bonds. The number of nitrogens with zero attached hydrogens (tertiary/aromatic N) is 1. The largest absolute Gasteiger partial charge is 0.464 e. The number of rotatable bonds is 4. The third kappa shape index (κ3) is 4.21. The number of piperidine rings is 1. The van der Waals surface area contributed by atoms with Crippen LogP contribution in [0.4, 0.5) is 4.79 Å². The Balaban J connectivity index is 1.98. The first-order valence-corrected chi connectivity index (χ1v) is 7.43. The molecular formula is C16H21NO5. The minimum absolute atomic E-state index is 0.0805. The van der Waals surface area contributed by atoms with Crippen molar-refractivity contribution in [3.8, 4) is 0 Å². The van der Waals surface area contributed by atoms with Gasteiger partial charge in [0, 0.05) is 0 Å². The number of β-amino-alcohol motifs (C(OH)–C–C–N with tert-alkyl or cyclic N) is 1. The van der Waals surface area contributed by atoms with E-state index in [-0.39, 0.29) is 19.8 Å². The molecule has 0 aliphatic carbocycles. The summed E-state index contributed by atoms with van der Waals surface area (Å²) < 4.78 is 10.2. The van der Waals surface area contributed by atoms with Crippen LogP contribution < -0.4 is 0 Å². The number of carbonyl (C=O) groups excluding carboxylic acids is 2. The second kappa shape index (κ2) is 7.79. The molecule has 120 valence electrons. The summed E-state index contributed by atoms with van der Waals surface area (Å²) in [6, 6.07) is 8.60. The highest BCUT2D eigenvalue weighted by Gasteiger charge is 2.37. The van der Waals surface area contributed by atoms with Crippen LogP contribution in [-0.4, -0.2) is 47.4 Å². The van der Waals surface area contributed by atoms with Gasteiger partial charge in [-0.15, -0.1) is 0 Å². The van der Waals surface area contributed by atoms with Crippen LogP contribution >= 0.6 is 0 Å². The van der Waals surface area contributed by atoms with Gasteiger partial charge in [-0.25, -0.2) is 9.59 Å². The van der Waals surface area contributed by atoms with Crippen LogP contribution in [0.3, 0.4) is 0 Å². The Bertz CT molecular complexity index is 505. The number of likely N-dealkylation sites (tertiary alicyclic amines) is 1. The molecule has 0 saturated carbocycles. The Hall–Kier alpha value is -2.08. The molecule has 1 fully saturated rings. The van der Waals surface area contributed by atoms with Crippen LogP contribution in [0.2, 0.25) is 0 Å². The molecule has 1 aromatic carbocycles. The van der Waals surface area contributed by atoms with Gasteiger partial charge in [-0.3, -0.25) is 4.90 Å². The third-order valence-corrected chi connectivity index (χ3v) is 3.56. The van der Waals surface area contributed by atoms with Gasteiger partial charge in [0.2, 0.25) is 0 Å². The lowest BCUT2D eigenvalue weighted by atomic mass is 10.0. The standard InChI is InChI=1S/C16H21NO5/c1-2-21-15(19)14-9-8-13(18)10-17(14)16(20)22-11-12-6-4-3-5-7-12/h3-7,13-14,18H,2,8-11H2,1H3/t13-,14-/m1/s1. The number of aliphatic hydroxyl groups excluding tert-OH is 1. The van der Waals surface area contributed by atoms with Crippen molar-refractivity contribution in [2.75, 3.05) is 13.2 Å². The van der Waals surface area contributed by atoms with E-state index in [0.717, 1.165) is 5.56 Å². The predicted octanol–water partition coefficient (Wildman–Crippen LogP) is 1.71. The minimum Gasteiger partial charge on any atom is -0.464 e. The predicted molar refractivity (Wildman–Crippen MR) is 79.0 cm³/mol. The summed E-state index contributed by atoms with van der Waals surface area (Å²) in [7, 11) is 0. The summed E-state index contributed by atoms with van der Waals surface area (Å²) in [6.45, 7) is 2.18. The molecular weight excluding hydrogens is 286 g/mol. The van der Waals surface area contributed by atoms with Crippen molar-refractivity contribution in [3.63, 3.8) is 0 Å². The molecule has 2 atom stereocenters. The van der Waals surface area contributed by atoms with Crippen LogP contribution in [-0.2, 0) is 20.9 Å². The highest BCUT2D eigenvalue weighted by molar-refractivity contribution is 5.81. The van der Waals surface area contributed by atoms with Gasteiger partial charge in [-0.1, -0.05) is 30.3 Å². The van der Waals surface area contributed by atoms with Crippen molar-refractivity contribution in [1.29, 1.82) is 0 Å². The number of benzene rings is 1. The van der Waals surface area contributed by atoms with E-state index in [4.69, 9.17) is 9.47 Å². The molecule has 1 aromatic rings. The summed E-state index contributed by atoms with van der Waals surface area (Å²) in [5.41, 5.74) is 0.862. The second-order valence-electron chi connectivity index (χ2n) is 5.19. The number of amides is 1. The average molecular weight is 307 g/mol. The van der Waals surface area contributed by atoms with Gasteiger partial charge in [0.25, 0.3) is 0 Å². The minimum atomic E-state index is -0.688. The maximum Gasteiger partial charge on any atom is 0.410 e. The van der Waals surface area contributed by atoms with Crippen LogP contribution in [0.15, 0.2) is 30.3 Å². The topological polar surface area (TPSA) is 76.1 Å². The van der Waals surface area contributed by atoms with Gasteiger partial charge in [0.05, 0.1) is 19.3 Å². The molecule has 0 spiro atoms. The summed E-state index contributed by atoms with van der Waals surface area (Å²) in [5, 5.41) is 9.74. The number of carbonyl (C=O) groups is 2. The van der Waals surface area contributed by atoms with Gasteiger partial charge in [-0.05, 0) is 25.3 Å².